The maximum atomic E-state index is 5.12. The van der Waals surface area contributed by atoms with Crippen LogP contribution in [0.4, 0.5) is 6.01 Å². The molecule has 0 spiro atoms. The van der Waals surface area contributed by atoms with Crippen LogP contribution >= 0.6 is 0 Å². The Morgan fingerprint density at radius 1 is 1.12 bits per heavy atom. The lowest BCUT2D eigenvalue weighted by atomic mass is 10.1. The van der Waals surface area contributed by atoms with E-state index in [0.29, 0.717) is 11.8 Å². The first-order valence-electron chi connectivity index (χ1n) is 5.22. The highest BCUT2D eigenvalue weighted by molar-refractivity contribution is 5.55. The summed E-state index contributed by atoms with van der Waals surface area (Å²) in [6.07, 6.45) is 0. The molecule has 1 N–H and O–H groups in total. The summed E-state index contributed by atoms with van der Waals surface area (Å²) in [6, 6.07) is 10.2. The minimum atomic E-state index is -0.0828. The predicted octanol–water partition coefficient (Wildman–Crippen LogP) is 2.95. The Labute approximate surface area is 94.7 Å². The highest BCUT2D eigenvalue weighted by Crippen LogP contribution is 2.18. The third-order valence-corrected chi connectivity index (χ3v) is 1.94. The molecule has 0 unspecified atom stereocenters. The van der Waals surface area contributed by atoms with Crippen LogP contribution in [0.3, 0.4) is 0 Å². The van der Waals surface area contributed by atoms with Crippen molar-refractivity contribution in [2.45, 2.75) is 26.3 Å². The molecule has 1 aromatic heterocycles. The van der Waals surface area contributed by atoms with Gasteiger partial charge in [0.25, 0.3) is 0 Å². The van der Waals surface area contributed by atoms with Gasteiger partial charge >= 0.3 is 6.01 Å². The molecule has 0 aliphatic carbocycles. The Balaban J connectivity index is 2.21. The smallest absolute Gasteiger partial charge is 0.322 e. The van der Waals surface area contributed by atoms with Crippen molar-refractivity contribution >= 4 is 6.01 Å². The van der Waals surface area contributed by atoms with Crippen LogP contribution in [0.1, 0.15) is 20.8 Å². The van der Waals surface area contributed by atoms with Gasteiger partial charge in [0.2, 0.25) is 5.82 Å². The summed E-state index contributed by atoms with van der Waals surface area (Å²) < 4.78 is 5.12. The van der Waals surface area contributed by atoms with E-state index in [9.17, 15) is 0 Å². The molecule has 1 heterocycles. The number of hydrogen-bond acceptors (Lipinski definition) is 4. The zero-order chi connectivity index (χ0) is 11.6. The maximum absolute atomic E-state index is 5.12. The van der Waals surface area contributed by atoms with Crippen LogP contribution in [0, 0.1) is 0 Å². The number of nitrogens with one attached hydrogen (secondary N) is 1. The van der Waals surface area contributed by atoms with Crippen molar-refractivity contribution in [3.8, 4) is 11.4 Å². The minimum Gasteiger partial charge on any atom is -0.333 e. The fourth-order valence-corrected chi connectivity index (χ4v) is 1.30. The second-order valence-electron chi connectivity index (χ2n) is 4.66. The predicted molar refractivity (Wildman–Crippen MR) is 63.1 cm³/mol. The number of aromatic nitrogens is 2. The Morgan fingerprint density at radius 3 is 2.44 bits per heavy atom. The average molecular weight is 217 g/mol. The van der Waals surface area contributed by atoms with E-state index in [1.54, 1.807) is 0 Å². The van der Waals surface area contributed by atoms with Crippen molar-refractivity contribution in [2.24, 2.45) is 0 Å². The molecule has 0 atom stereocenters. The number of rotatable bonds is 2. The van der Waals surface area contributed by atoms with Crippen molar-refractivity contribution < 1.29 is 4.52 Å². The van der Waals surface area contributed by atoms with Crippen molar-refractivity contribution in [2.75, 3.05) is 5.32 Å². The van der Waals surface area contributed by atoms with E-state index in [2.05, 4.69) is 15.5 Å². The van der Waals surface area contributed by atoms with Gasteiger partial charge in [0.1, 0.15) is 0 Å². The molecule has 0 aliphatic rings. The van der Waals surface area contributed by atoms with Crippen LogP contribution < -0.4 is 5.32 Å². The molecular weight excluding hydrogens is 202 g/mol. The molecule has 0 saturated heterocycles. The quantitative estimate of drug-likeness (QED) is 0.840. The first-order valence-corrected chi connectivity index (χ1v) is 5.22. The number of hydrogen-bond donors (Lipinski definition) is 1. The van der Waals surface area contributed by atoms with E-state index in [1.165, 1.54) is 0 Å². The molecule has 0 saturated carbocycles. The molecule has 0 bridgehead atoms. The standard InChI is InChI=1S/C12H15N3O/c1-12(2,3)14-11-13-10(15-16-11)9-7-5-4-6-8-9/h4-8H,1-3H3,(H,13,14,15). The van der Waals surface area contributed by atoms with Gasteiger partial charge in [-0.15, -0.1) is 0 Å². The van der Waals surface area contributed by atoms with Gasteiger partial charge in [0.15, 0.2) is 0 Å². The highest BCUT2D eigenvalue weighted by atomic mass is 16.5. The fraction of sp³-hybridized carbons (Fsp3) is 0.333. The minimum absolute atomic E-state index is 0.0828. The van der Waals surface area contributed by atoms with E-state index in [-0.39, 0.29) is 5.54 Å². The summed E-state index contributed by atoms with van der Waals surface area (Å²) in [5.41, 5.74) is 0.869. The van der Waals surface area contributed by atoms with Crippen molar-refractivity contribution in [1.82, 2.24) is 10.1 Å². The van der Waals surface area contributed by atoms with E-state index < -0.39 is 0 Å². The van der Waals surface area contributed by atoms with Crippen LogP contribution in [0.15, 0.2) is 34.9 Å². The van der Waals surface area contributed by atoms with E-state index in [1.807, 2.05) is 51.1 Å². The first-order chi connectivity index (χ1) is 7.54. The lowest BCUT2D eigenvalue weighted by Crippen LogP contribution is -2.26. The Hall–Kier alpha value is -1.84. The van der Waals surface area contributed by atoms with Crippen LogP contribution in [0.5, 0.6) is 0 Å². The molecule has 0 radical (unpaired) electrons. The third kappa shape index (κ3) is 2.59. The van der Waals surface area contributed by atoms with Crippen LogP contribution in [0.2, 0.25) is 0 Å². The molecule has 16 heavy (non-hydrogen) atoms. The first kappa shape index (κ1) is 10.7. The monoisotopic (exact) mass is 217 g/mol. The van der Waals surface area contributed by atoms with Gasteiger partial charge in [-0.05, 0) is 20.8 Å². The topological polar surface area (TPSA) is 51.0 Å². The summed E-state index contributed by atoms with van der Waals surface area (Å²) in [5, 5.41) is 7.05. The average Bonchev–Trinajstić information content (AvgIpc) is 2.65. The summed E-state index contributed by atoms with van der Waals surface area (Å²) in [6.45, 7) is 6.12. The molecule has 0 fully saturated rings. The molecule has 0 aliphatic heterocycles. The SMILES string of the molecule is CC(C)(C)Nc1nc(-c2ccccc2)no1. The normalized spacial score (nSPS) is 11.4. The second kappa shape index (κ2) is 3.96. The van der Waals surface area contributed by atoms with Crippen molar-refractivity contribution in [1.29, 1.82) is 0 Å². The molecule has 2 aromatic rings. The zero-order valence-electron chi connectivity index (χ0n) is 9.69. The van der Waals surface area contributed by atoms with Crippen LogP contribution in [0.25, 0.3) is 11.4 Å². The molecular formula is C12H15N3O. The van der Waals surface area contributed by atoms with E-state index in [4.69, 9.17) is 4.52 Å². The van der Waals surface area contributed by atoms with Crippen molar-refractivity contribution in [3.05, 3.63) is 30.3 Å². The summed E-state index contributed by atoms with van der Waals surface area (Å²) in [4.78, 5) is 4.28. The van der Waals surface area contributed by atoms with Gasteiger partial charge in [0, 0.05) is 11.1 Å². The van der Waals surface area contributed by atoms with Gasteiger partial charge in [-0.2, -0.15) is 4.98 Å². The highest BCUT2D eigenvalue weighted by Gasteiger charge is 2.14. The van der Waals surface area contributed by atoms with Crippen LogP contribution in [-0.4, -0.2) is 15.7 Å². The molecule has 84 valence electrons. The third-order valence-electron chi connectivity index (χ3n) is 1.94. The summed E-state index contributed by atoms with van der Waals surface area (Å²) >= 11 is 0. The Kier molecular flexibility index (Phi) is 2.64. The van der Waals surface area contributed by atoms with Gasteiger partial charge in [-0.25, -0.2) is 0 Å². The Bertz CT molecular complexity index is 457. The Morgan fingerprint density at radius 2 is 1.81 bits per heavy atom. The van der Waals surface area contributed by atoms with Crippen LogP contribution in [-0.2, 0) is 0 Å². The number of nitrogens with zero attached hydrogens (tertiary/aromatic N) is 2. The molecule has 2 rings (SSSR count). The van der Waals surface area contributed by atoms with Gasteiger partial charge < -0.3 is 9.84 Å². The van der Waals surface area contributed by atoms with Gasteiger partial charge in [-0.1, -0.05) is 35.5 Å². The lowest BCUT2D eigenvalue weighted by molar-refractivity contribution is 0.420. The molecule has 4 heteroatoms. The van der Waals surface area contributed by atoms with Gasteiger partial charge in [0.05, 0.1) is 0 Å². The molecule has 1 aromatic carbocycles. The largest absolute Gasteiger partial charge is 0.333 e. The second-order valence-corrected chi connectivity index (χ2v) is 4.66. The molecule has 0 amide bonds. The molecule has 4 nitrogen and oxygen atoms in total. The van der Waals surface area contributed by atoms with E-state index in [0.717, 1.165) is 5.56 Å². The lowest BCUT2D eigenvalue weighted by Gasteiger charge is -2.17. The summed E-state index contributed by atoms with van der Waals surface area (Å²) in [5.74, 6) is 0.604. The fourth-order valence-electron chi connectivity index (χ4n) is 1.30. The van der Waals surface area contributed by atoms with E-state index >= 15 is 0 Å². The van der Waals surface area contributed by atoms with Crippen molar-refractivity contribution in [3.63, 3.8) is 0 Å². The maximum Gasteiger partial charge on any atom is 0.322 e. The number of anilines is 1. The summed E-state index contributed by atoms with van der Waals surface area (Å²) in [7, 11) is 0. The number of benzene rings is 1. The zero-order valence-corrected chi connectivity index (χ0v) is 9.69. The van der Waals surface area contributed by atoms with Gasteiger partial charge in [-0.3, -0.25) is 0 Å².